The molecule has 2 aromatic carbocycles. The third-order valence-electron chi connectivity index (χ3n) is 4.90. The quantitative estimate of drug-likeness (QED) is 0.703. The lowest BCUT2D eigenvalue weighted by molar-refractivity contribution is -0.151. The van der Waals surface area contributed by atoms with Gasteiger partial charge in [0.1, 0.15) is 11.5 Å². The van der Waals surface area contributed by atoms with Gasteiger partial charge in [0.25, 0.3) is 5.91 Å². The summed E-state index contributed by atoms with van der Waals surface area (Å²) in [6, 6.07) is 12.4. The zero-order valence-electron chi connectivity index (χ0n) is 17.1. The number of anilines is 2. The second-order valence-corrected chi connectivity index (χ2v) is 6.91. The first-order chi connectivity index (χ1) is 14.4. The number of ether oxygens (including phenoxy) is 3. The van der Waals surface area contributed by atoms with Gasteiger partial charge in [-0.15, -0.1) is 0 Å². The van der Waals surface area contributed by atoms with Gasteiger partial charge in [0.15, 0.2) is 6.61 Å². The van der Waals surface area contributed by atoms with E-state index in [1.54, 1.807) is 30.3 Å². The van der Waals surface area contributed by atoms with E-state index in [9.17, 15) is 14.4 Å². The van der Waals surface area contributed by atoms with E-state index in [0.29, 0.717) is 22.9 Å². The van der Waals surface area contributed by atoms with Gasteiger partial charge in [-0.1, -0.05) is 18.2 Å². The minimum Gasteiger partial charge on any atom is -0.497 e. The molecule has 1 fully saturated rings. The molecular formula is C22H24N2O6. The summed E-state index contributed by atoms with van der Waals surface area (Å²) in [5, 5.41) is 2.70. The summed E-state index contributed by atoms with van der Waals surface area (Å²) in [6.45, 7) is 1.61. The molecule has 0 saturated carbocycles. The summed E-state index contributed by atoms with van der Waals surface area (Å²) < 4.78 is 15.7. The number of rotatable bonds is 7. The van der Waals surface area contributed by atoms with Gasteiger partial charge in [-0.3, -0.25) is 14.4 Å². The highest BCUT2D eigenvalue weighted by Crippen LogP contribution is 2.36. The van der Waals surface area contributed by atoms with Crippen molar-refractivity contribution in [3.63, 3.8) is 0 Å². The van der Waals surface area contributed by atoms with E-state index in [2.05, 4.69) is 5.32 Å². The molecule has 1 heterocycles. The Labute approximate surface area is 174 Å². The number of aryl methyl sites for hydroxylation is 1. The van der Waals surface area contributed by atoms with Crippen molar-refractivity contribution in [2.45, 2.75) is 13.3 Å². The summed E-state index contributed by atoms with van der Waals surface area (Å²) in [7, 11) is 3.04. The van der Waals surface area contributed by atoms with Crippen LogP contribution in [0.25, 0.3) is 0 Å². The molecule has 30 heavy (non-hydrogen) atoms. The van der Waals surface area contributed by atoms with Crippen molar-refractivity contribution in [1.29, 1.82) is 0 Å². The molecule has 0 aromatic heterocycles. The van der Waals surface area contributed by atoms with Crippen molar-refractivity contribution in [3.05, 3.63) is 48.0 Å². The third kappa shape index (κ3) is 4.71. The van der Waals surface area contributed by atoms with Crippen LogP contribution in [0.2, 0.25) is 0 Å². The number of hydrogen-bond donors (Lipinski definition) is 1. The molecule has 1 saturated heterocycles. The zero-order chi connectivity index (χ0) is 21.7. The number of nitrogens with one attached hydrogen (secondary N) is 1. The van der Waals surface area contributed by atoms with Crippen molar-refractivity contribution in [1.82, 2.24) is 0 Å². The second-order valence-electron chi connectivity index (χ2n) is 6.91. The van der Waals surface area contributed by atoms with Gasteiger partial charge in [-0.2, -0.15) is 0 Å². The van der Waals surface area contributed by atoms with E-state index in [0.717, 1.165) is 5.56 Å². The van der Waals surface area contributed by atoms with Gasteiger partial charge in [-0.25, -0.2) is 0 Å². The van der Waals surface area contributed by atoms with Crippen LogP contribution in [-0.2, 0) is 19.1 Å². The monoisotopic (exact) mass is 412 g/mol. The Balaban J connectivity index is 1.59. The first-order valence-electron chi connectivity index (χ1n) is 9.47. The van der Waals surface area contributed by atoms with Gasteiger partial charge >= 0.3 is 5.97 Å². The molecule has 8 heteroatoms. The topological polar surface area (TPSA) is 94.2 Å². The highest BCUT2D eigenvalue weighted by Gasteiger charge is 2.37. The van der Waals surface area contributed by atoms with Crippen LogP contribution in [0.15, 0.2) is 42.5 Å². The summed E-state index contributed by atoms with van der Waals surface area (Å²) in [5.74, 6) is -0.832. The van der Waals surface area contributed by atoms with Crippen LogP contribution >= 0.6 is 0 Å². The van der Waals surface area contributed by atoms with Gasteiger partial charge in [0, 0.05) is 24.7 Å². The third-order valence-corrected chi connectivity index (χ3v) is 4.90. The standard InChI is InChI=1S/C22H24N2O6/c1-14-6-4-5-7-17(14)23-20(25)13-30-22(27)15-10-21(26)24(12-15)18-9-8-16(28-2)11-19(18)29-3/h4-9,11,15H,10,12-13H2,1-3H3,(H,23,25)/t15-/m0/s1. The largest absolute Gasteiger partial charge is 0.497 e. The fraction of sp³-hybridized carbons (Fsp3) is 0.318. The van der Waals surface area contributed by atoms with Crippen molar-refractivity contribution in [3.8, 4) is 11.5 Å². The number of methoxy groups -OCH3 is 2. The molecule has 1 N–H and O–H groups in total. The maximum atomic E-state index is 12.5. The molecule has 0 unspecified atom stereocenters. The zero-order valence-corrected chi connectivity index (χ0v) is 17.1. The van der Waals surface area contributed by atoms with E-state index in [1.165, 1.54) is 19.1 Å². The van der Waals surface area contributed by atoms with E-state index in [-0.39, 0.29) is 18.9 Å². The summed E-state index contributed by atoms with van der Waals surface area (Å²) in [4.78, 5) is 38.5. The Bertz CT molecular complexity index is 958. The Morgan fingerprint density at radius 2 is 1.90 bits per heavy atom. The normalized spacial score (nSPS) is 15.6. The Kier molecular flexibility index (Phi) is 6.56. The van der Waals surface area contributed by atoms with E-state index < -0.39 is 24.4 Å². The lowest BCUT2D eigenvalue weighted by Crippen LogP contribution is -2.28. The number of carbonyl (C=O) groups is 3. The maximum absolute atomic E-state index is 12.5. The molecule has 2 amide bonds. The van der Waals surface area contributed by atoms with Crippen LogP contribution in [0.3, 0.4) is 0 Å². The highest BCUT2D eigenvalue weighted by molar-refractivity contribution is 6.01. The number of esters is 1. The number of para-hydroxylation sites is 1. The molecule has 158 valence electrons. The van der Waals surface area contributed by atoms with Crippen LogP contribution < -0.4 is 19.7 Å². The average Bonchev–Trinajstić information content (AvgIpc) is 3.14. The van der Waals surface area contributed by atoms with Crippen LogP contribution in [0.5, 0.6) is 11.5 Å². The van der Waals surface area contributed by atoms with Crippen molar-refractivity contribution >= 4 is 29.2 Å². The van der Waals surface area contributed by atoms with Gasteiger partial charge in [0.05, 0.1) is 25.8 Å². The van der Waals surface area contributed by atoms with Gasteiger partial charge < -0.3 is 24.4 Å². The molecule has 8 nitrogen and oxygen atoms in total. The van der Waals surface area contributed by atoms with Crippen LogP contribution in [0.4, 0.5) is 11.4 Å². The molecule has 2 aromatic rings. The van der Waals surface area contributed by atoms with E-state index >= 15 is 0 Å². The van der Waals surface area contributed by atoms with Crippen molar-refractivity contribution < 1.29 is 28.6 Å². The predicted molar refractivity (Wildman–Crippen MR) is 111 cm³/mol. The molecule has 0 aliphatic carbocycles. The number of carbonyl (C=O) groups excluding carboxylic acids is 3. The lowest BCUT2D eigenvalue weighted by Gasteiger charge is -2.20. The number of hydrogen-bond acceptors (Lipinski definition) is 6. The molecule has 0 radical (unpaired) electrons. The highest BCUT2D eigenvalue weighted by atomic mass is 16.5. The molecular weight excluding hydrogens is 388 g/mol. The lowest BCUT2D eigenvalue weighted by atomic mass is 10.1. The fourth-order valence-corrected chi connectivity index (χ4v) is 3.26. The van der Waals surface area contributed by atoms with Gasteiger partial charge in [0.2, 0.25) is 5.91 Å². The summed E-state index contributed by atoms with van der Waals surface area (Å²) >= 11 is 0. The number of nitrogens with zero attached hydrogens (tertiary/aromatic N) is 1. The van der Waals surface area contributed by atoms with Crippen molar-refractivity contribution in [2.75, 3.05) is 37.6 Å². The maximum Gasteiger partial charge on any atom is 0.311 e. The van der Waals surface area contributed by atoms with Crippen molar-refractivity contribution in [2.24, 2.45) is 5.92 Å². The first-order valence-corrected chi connectivity index (χ1v) is 9.47. The average molecular weight is 412 g/mol. The van der Waals surface area contributed by atoms with Crippen LogP contribution in [-0.4, -0.2) is 45.2 Å². The summed E-state index contributed by atoms with van der Waals surface area (Å²) in [6.07, 6.45) is 0.00737. The fourth-order valence-electron chi connectivity index (χ4n) is 3.26. The molecule has 1 atom stereocenters. The summed E-state index contributed by atoms with van der Waals surface area (Å²) in [5.41, 5.74) is 2.12. The van der Waals surface area contributed by atoms with E-state index in [1.807, 2.05) is 19.1 Å². The van der Waals surface area contributed by atoms with E-state index in [4.69, 9.17) is 14.2 Å². The molecule has 1 aliphatic rings. The number of benzene rings is 2. The SMILES string of the molecule is COc1ccc(N2C[C@@H](C(=O)OCC(=O)Nc3ccccc3C)CC2=O)c(OC)c1. The minimum absolute atomic E-state index is 0.00737. The molecule has 0 spiro atoms. The second kappa shape index (κ2) is 9.30. The predicted octanol–water partition coefficient (Wildman–Crippen LogP) is 2.55. The Morgan fingerprint density at radius 1 is 1.13 bits per heavy atom. The smallest absolute Gasteiger partial charge is 0.311 e. The Hall–Kier alpha value is -3.55. The van der Waals surface area contributed by atoms with Crippen LogP contribution in [0.1, 0.15) is 12.0 Å². The molecule has 0 bridgehead atoms. The van der Waals surface area contributed by atoms with Gasteiger partial charge in [-0.05, 0) is 30.7 Å². The molecule has 1 aliphatic heterocycles. The Morgan fingerprint density at radius 3 is 2.60 bits per heavy atom. The van der Waals surface area contributed by atoms with Crippen LogP contribution in [0, 0.1) is 12.8 Å². The molecule has 3 rings (SSSR count). The minimum atomic E-state index is -0.657. The first kappa shape index (κ1) is 21.2. The number of amides is 2.